The summed E-state index contributed by atoms with van der Waals surface area (Å²) in [5.41, 5.74) is 5.79. The molecule has 1 aliphatic rings. The highest BCUT2D eigenvalue weighted by atomic mass is 16.5. The highest BCUT2D eigenvalue weighted by Crippen LogP contribution is 2.38. The predicted octanol–water partition coefficient (Wildman–Crippen LogP) is 2.16. The van der Waals surface area contributed by atoms with E-state index in [1.54, 1.807) is 13.2 Å². The lowest BCUT2D eigenvalue weighted by molar-refractivity contribution is 0.192. The van der Waals surface area contributed by atoms with Gasteiger partial charge < -0.3 is 15.8 Å². The molecule has 100 valence electrons. The van der Waals surface area contributed by atoms with E-state index >= 15 is 0 Å². The SMILES string of the molecule is COCCCCCNc1cc(N)nc(C2CC2)n1. The Bertz CT molecular complexity index is 379. The minimum Gasteiger partial charge on any atom is -0.385 e. The smallest absolute Gasteiger partial charge is 0.136 e. The Balaban J connectivity index is 1.74. The van der Waals surface area contributed by atoms with Gasteiger partial charge in [-0.25, -0.2) is 9.97 Å². The standard InChI is InChI=1S/C13H22N4O/c1-18-8-4-2-3-7-15-12-9-11(14)16-13(17-12)10-5-6-10/h9-10H,2-8H2,1H3,(H3,14,15,16,17). The van der Waals surface area contributed by atoms with Crippen molar-refractivity contribution in [3.63, 3.8) is 0 Å². The molecular weight excluding hydrogens is 228 g/mol. The van der Waals surface area contributed by atoms with Crippen LogP contribution in [0.3, 0.4) is 0 Å². The van der Waals surface area contributed by atoms with Crippen LogP contribution in [0.5, 0.6) is 0 Å². The fourth-order valence-corrected chi connectivity index (χ4v) is 1.86. The summed E-state index contributed by atoms with van der Waals surface area (Å²) in [5.74, 6) is 2.86. The van der Waals surface area contributed by atoms with E-state index in [9.17, 15) is 0 Å². The zero-order chi connectivity index (χ0) is 12.8. The predicted molar refractivity (Wildman–Crippen MR) is 72.6 cm³/mol. The first kappa shape index (κ1) is 13.1. The number of unbranched alkanes of at least 4 members (excludes halogenated alkanes) is 2. The van der Waals surface area contributed by atoms with Gasteiger partial charge in [-0.1, -0.05) is 0 Å². The quantitative estimate of drug-likeness (QED) is 0.692. The number of ether oxygens (including phenoxy) is 1. The molecule has 3 N–H and O–H groups in total. The van der Waals surface area contributed by atoms with Gasteiger partial charge in [-0.3, -0.25) is 0 Å². The van der Waals surface area contributed by atoms with E-state index in [-0.39, 0.29) is 0 Å². The molecule has 5 nitrogen and oxygen atoms in total. The van der Waals surface area contributed by atoms with Crippen molar-refractivity contribution in [3.8, 4) is 0 Å². The Hall–Kier alpha value is -1.36. The van der Waals surface area contributed by atoms with E-state index in [2.05, 4.69) is 15.3 Å². The van der Waals surface area contributed by atoms with Crippen LogP contribution in [0.25, 0.3) is 0 Å². The number of nitrogens with zero attached hydrogens (tertiary/aromatic N) is 2. The molecule has 1 saturated carbocycles. The summed E-state index contributed by atoms with van der Waals surface area (Å²) in [6, 6.07) is 1.81. The van der Waals surface area contributed by atoms with Crippen LogP contribution in [0.15, 0.2) is 6.07 Å². The molecule has 1 heterocycles. The molecule has 2 rings (SSSR count). The van der Waals surface area contributed by atoms with Gasteiger partial charge >= 0.3 is 0 Å². The zero-order valence-electron chi connectivity index (χ0n) is 11.0. The molecule has 0 aromatic carbocycles. The van der Waals surface area contributed by atoms with Crippen molar-refractivity contribution < 1.29 is 4.74 Å². The molecule has 0 bridgehead atoms. The molecule has 5 heteroatoms. The Morgan fingerprint density at radius 1 is 1.33 bits per heavy atom. The van der Waals surface area contributed by atoms with E-state index in [1.807, 2.05) is 0 Å². The average Bonchev–Trinajstić information content (AvgIpc) is 3.17. The monoisotopic (exact) mass is 250 g/mol. The molecule has 0 unspecified atom stereocenters. The average molecular weight is 250 g/mol. The van der Waals surface area contributed by atoms with Crippen LogP contribution in [0.1, 0.15) is 43.8 Å². The van der Waals surface area contributed by atoms with Crippen LogP contribution >= 0.6 is 0 Å². The lowest BCUT2D eigenvalue weighted by Crippen LogP contribution is -2.07. The van der Waals surface area contributed by atoms with Crippen LogP contribution in [-0.2, 0) is 4.74 Å². The first-order chi connectivity index (χ1) is 8.79. The number of methoxy groups -OCH3 is 1. The van der Waals surface area contributed by atoms with Gasteiger partial charge in [0.05, 0.1) is 0 Å². The topological polar surface area (TPSA) is 73.1 Å². The van der Waals surface area contributed by atoms with E-state index < -0.39 is 0 Å². The van der Waals surface area contributed by atoms with E-state index in [0.29, 0.717) is 11.7 Å². The number of aromatic nitrogens is 2. The largest absolute Gasteiger partial charge is 0.385 e. The minimum atomic E-state index is 0.538. The lowest BCUT2D eigenvalue weighted by Gasteiger charge is -2.08. The Morgan fingerprint density at radius 2 is 2.17 bits per heavy atom. The van der Waals surface area contributed by atoms with Crippen molar-refractivity contribution in [2.45, 2.75) is 38.0 Å². The van der Waals surface area contributed by atoms with Crippen molar-refractivity contribution in [3.05, 3.63) is 11.9 Å². The van der Waals surface area contributed by atoms with Gasteiger partial charge in [0.25, 0.3) is 0 Å². The number of anilines is 2. The van der Waals surface area contributed by atoms with Crippen LogP contribution < -0.4 is 11.1 Å². The van der Waals surface area contributed by atoms with Gasteiger partial charge in [-0.05, 0) is 32.1 Å². The summed E-state index contributed by atoms with van der Waals surface area (Å²) in [4.78, 5) is 8.78. The third-order valence-electron chi connectivity index (χ3n) is 3.04. The second-order valence-corrected chi connectivity index (χ2v) is 4.79. The van der Waals surface area contributed by atoms with E-state index in [1.165, 1.54) is 12.8 Å². The molecule has 0 amide bonds. The van der Waals surface area contributed by atoms with Crippen LogP contribution in [0, 0.1) is 0 Å². The van der Waals surface area contributed by atoms with Crippen LogP contribution in [0.2, 0.25) is 0 Å². The molecule has 0 spiro atoms. The molecule has 0 saturated heterocycles. The van der Waals surface area contributed by atoms with Gasteiger partial charge in [0.2, 0.25) is 0 Å². The van der Waals surface area contributed by atoms with Gasteiger partial charge in [-0.2, -0.15) is 0 Å². The Labute approximate surface area is 108 Å². The Morgan fingerprint density at radius 3 is 2.89 bits per heavy atom. The fraction of sp³-hybridized carbons (Fsp3) is 0.692. The van der Waals surface area contributed by atoms with Gasteiger partial charge in [0.15, 0.2) is 0 Å². The number of nitrogens with one attached hydrogen (secondary N) is 1. The number of hydrogen-bond donors (Lipinski definition) is 2. The molecule has 1 aromatic rings. The second kappa shape index (κ2) is 6.54. The number of nitrogens with two attached hydrogens (primary N) is 1. The van der Waals surface area contributed by atoms with Crippen LogP contribution in [0.4, 0.5) is 11.6 Å². The van der Waals surface area contributed by atoms with Crippen molar-refractivity contribution in [1.82, 2.24) is 9.97 Å². The summed E-state index contributed by atoms with van der Waals surface area (Å²) in [6.45, 7) is 1.76. The maximum Gasteiger partial charge on any atom is 0.136 e. The van der Waals surface area contributed by atoms with Crippen molar-refractivity contribution in [2.75, 3.05) is 31.3 Å². The van der Waals surface area contributed by atoms with Gasteiger partial charge in [0.1, 0.15) is 17.5 Å². The molecule has 0 radical (unpaired) electrons. The minimum absolute atomic E-state index is 0.538. The lowest BCUT2D eigenvalue weighted by atomic mass is 10.2. The fourth-order valence-electron chi connectivity index (χ4n) is 1.86. The summed E-state index contributed by atoms with van der Waals surface area (Å²) < 4.78 is 5.01. The Kier molecular flexibility index (Phi) is 4.75. The normalized spacial score (nSPS) is 14.7. The van der Waals surface area contributed by atoms with Crippen LogP contribution in [-0.4, -0.2) is 30.2 Å². The molecule has 1 aromatic heterocycles. The molecule has 18 heavy (non-hydrogen) atoms. The van der Waals surface area contributed by atoms with Crippen molar-refractivity contribution in [1.29, 1.82) is 0 Å². The van der Waals surface area contributed by atoms with Gasteiger partial charge in [0, 0.05) is 32.2 Å². The highest BCUT2D eigenvalue weighted by Gasteiger charge is 2.27. The van der Waals surface area contributed by atoms with Crippen molar-refractivity contribution in [2.24, 2.45) is 0 Å². The number of hydrogen-bond acceptors (Lipinski definition) is 5. The summed E-state index contributed by atoms with van der Waals surface area (Å²) in [6.07, 6.45) is 5.78. The third-order valence-corrected chi connectivity index (χ3v) is 3.04. The van der Waals surface area contributed by atoms with Crippen molar-refractivity contribution >= 4 is 11.6 Å². The molecule has 1 aliphatic carbocycles. The number of nitrogen functional groups attached to an aromatic ring is 1. The van der Waals surface area contributed by atoms with E-state index in [4.69, 9.17) is 10.5 Å². The first-order valence-corrected chi connectivity index (χ1v) is 6.67. The second-order valence-electron chi connectivity index (χ2n) is 4.79. The maximum absolute atomic E-state index is 5.79. The highest BCUT2D eigenvalue weighted by molar-refractivity contribution is 5.45. The summed E-state index contributed by atoms with van der Waals surface area (Å²) in [7, 11) is 1.74. The summed E-state index contributed by atoms with van der Waals surface area (Å²) >= 11 is 0. The molecule has 0 atom stereocenters. The third kappa shape index (κ3) is 4.14. The first-order valence-electron chi connectivity index (χ1n) is 6.67. The van der Waals surface area contributed by atoms with E-state index in [0.717, 1.165) is 44.1 Å². The molecule has 1 fully saturated rings. The summed E-state index contributed by atoms with van der Waals surface area (Å²) in [5, 5.41) is 3.31. The number of rotatable bonds is 8. The zero-order valence-corrected chi connectivity index (χ0v) is 11.0. The maximum atomic E-state index is 5.79. The molecular formula is C13H22N4O. The molecule has 0 aliphatic heterocycles. The van der Waals surface area contributed by atoms with Gasteiger partial charge in [-0.15, -0.1) is 0 Å².